The number of likely N-dealkylation sites (tertiary alicyclic amines) is 1. The number of anilines is 1. The Morgan fingerprint density at radius 2 is 2.00 bits per heavy atom. The molecule has 0 radical (unpaired) electrons. The van der Waals surface area contributed by atoms with Crippen LogP contribution in [0, 0.1) is 5.41 Å². The van der Waals surface area contributed by atoms with Crippen LogP contribution in [0.2, 0.25) is 0 Å². The molecule has 1 fully saturated rings. The van der Waals surface area contributed by atoms with Crippen LogP contribution >= 0.6 is 0 Å². The number of amides is 2. The Hall–Kier alpha value is -2.37. The van der Waals surface area contributed by atoms with Crippen molar-refractivity contribution in [3.05, 3.63) is 36.7 Å². The maximum Gasteiger partial charge on any atom is 0.323 e. The number of carbonyl (C=O) groups is 1. The van der Waals surface area contributed by atoms with E-state index in [-0.39, 0.29) is 6.03 Å². The van der Waals surface area contributed by atoms with E-state index in [1.54, 1.807) is 29.0 Å². The van der Waals surface area contributed by atoms with Gasteiger partial charge in [-0.25, -0.2) is 9.78 Å². The summed E-state index contributed by atoms with van der Waals surface area (Å²) in [5.74, 6) is 0.648. The van der Waals surface area contributed by atoms with Gasteiger partial charge in [-0.05, 0) is 18.9 Å². The first-order valence-electron chi connectivity index (χ1n) is 6.81. The van der Waals surface area contributed by atoms with Crippen LogP contribution in [0.3, 0.4) is 0 Å². The summed E-state index contributed by atoms with van der Waals surface area (Å²) in [5, 5.41) is 7.08. The molecule has 1 spiro atoms. The van der Waals surface area contributed by atoms with E-state index in [0.717, 1.165) is 31.6 Å². The van der Waals surface area contributed by atoms with Crippen molar-refractivity contribution in [1.82, 2.24) is 19.5 Å². The molecule has 102 valence electrons. The highest BCUT2D eigenvalue weighted by molar-refractivity contribution is 5.88. The summed E-state index contributed by atoms with van der Waals surface area (Å²) in [6.45, 7) is 1.60. The average molecular weight is 269 g/mol. The molecule has 4 rings (SSSR count). The van der Waals surface area contributed by atoms with E-state index in [0.29, 0.717) is 11.2 Å². The second-order valence-electron chi connectivity index (χ2n) is 5.41. The van der Waals surface area contributed by atoms with Crippen molar-refractivity contribution in [2.24, 2.45) is 5.41 Å². The van der Waals surface area contributed by atoms with Crippen LogP contribution in [0.1, 0.15) is 12.8 Å². The van der Waals surface area contributed by atoms with Crippen molar-refractivity contribution in [3.8, 4) is 0 Å². The molecule has 1 N–H and O–H groups in total. The van der Waals surface area contributed by atoms with Gasteiger partial charge in [-0.2, -0.15) is 9.61 Å². The van der Waals surface area contributed by atoms with Crippen LogP contribution < -0.4 is 5.32 Å². The number of carbonyl (C=O) groups excluding carboxylic acids is 1. The first kappa shape index (κ1) is 11.5. The molecule has 0 unspecified atom stereocenters. The number of rotatable bonds is 1. The second kappa shape index (κ2) is 4.06. The van der Waals surface area contributed by atoms with Crippen LogP contribution in [0.25, 0.3) is 5.65 Å². The second-order valence-corrected chi connectivity index (χ2v) is 5.41. The molecule has 2 aromatic heterocycles. The molecule has 1 aliphatic carbocycles. The minimum atomic E-state index is -0.0662. The number of urea groups is 1. The third-order valence-electron chi connectivity index (χ3n) is 4.14. The molecule has 0 aromatic carbocycles. The topological polar surface area (TPSA) is 62.5 Å². The molecule has 0 atom stereocenters. The molecule has 1 aliphatic heterocycles. The van der Waals surface area contributed by atoms with Crippen molar-refractivity contribution in [1.29, 1.82) is 0 Å². The highest BCUT2D eigenvalue weighted by Crippen LogP contribution is 2.44. The van der Waals surface area contributed by atoms with Gasteiger partial charge in [-0.15, -0.1) is 0 Å². The van der Waals surface area contributed by atoms with Gasteiger partial charge in [0.25, 0.3) is 0 Å². The SMILES string of the molecule is O=C(Nc1ccnc2ccnn12)N1CCC2(C=C2)CC1. The molecule has 20 heavy (non-hydrogen) atoms. The Morgan fingerprint density at radius 3 is 2.75 bits per heavy atom. The minimum Gasteiger partial charge on any atom is -0.324 e. The largest absolute Gasteiger partial charge is 0.324 e. The van der Waals surface area contributed by atoms with Gasteiger partial charge < -0.3 is 4.90 Å². The van der Waals surface area contributed by atoms with Gasteiger partial charge in [0.1, 0.15) is 5.82 Å². The number of aromatic nitrogens is 3. The molecule has 2 aliphatic rings. The Balaban J connectivity index is 1.48. The van der Waals surface area contributed by atoms with Gasteiger partial charge in [-0.1, -0.05) is 12.2 Å². The van der Waals surface area contributed by atoms with Crippen LogP contribution in [0.15, 0.2) is 36.7 Å². The number of fused-ring (bicyclic) bond motifs is 1. The summed E-state index contributed by atoms with van der Waals surface area (Å²) >= 11 is 0. The lowest BCUT2D eigenvalue weighted by atomic mass is 9.91. The van der Waals surface area contributed by atoms with Crippen molar-refractivity contribution in [2.45, 2.75) is 12.8 Å². The van der Waals surface area contributed by atoms with Gasteiger partial charge in [0, 0.05) is 30.8 Å². The molecule has 1 saturated heterocycles. The van der Waals surface area contributed by atoms with Crippen LogP contribution in [-0.2, 0) is 0 Å². The van der Waals surface area contributed by atoms with E-state index < -0.39 is 0 Å². The van der Waals surface area contributed by atoms with Crippen LogP contribution in [0.4, 0.5) is 10.6 Å². The van der Waals surface area contributed by atoms with Gasteiger partial charge in [0.05, 0.1) is 6.20 Å². The molecular formula is C14H15N5O. The normalized spacial score (nSPS) is 19.5. The molecule has 2 amide bonds. The Labute approximate surface area is 116 Å². The van der Waals surface area contributed by atoms with E-state index in [4.69, 9.17) is 0 Å². The van der Waals surface area contributed by atoms with Crippen molar-refractivity contribution in [3.63, 3.8) is 0 Å². The number of nitrogens with zero attached hydrogens (tertiary/aromatic N) is 4. The summed E-state index contributed by atoms with van der Waals surface area (Å²) < 4.78 is 1.63. The maximum atomic E-state index is 12.3. The summed E-state index contributed by atoms with van der Waals surface area (Å²) in [7, 11) is 0. The lowest BCUT2D eigenvalue weighted by Crippen LogP contribution is -2.42. The van der Waals surface area contributed by atoms with Gasteiger partial charge in [0.15, 0.2) is 5.65 Å². The molecular weight excluding hydrogens is 254 g/mol. The predicted molar refractivity (Wildman–Crippen MR) is 74.4 cm³/mol. The van der Waals surface area contributed by atoms with E-state index in [9.17, 15) is 4.79 Å². The van der Waals surface area contributed by atoms with Crippen molar-refractivity contribution < 1.29 is 4.79 Å². The lowest BCUT2D eigenvalue weighted by Gasteiger charge is -2.32. The zero-order chi connectivity index (χ0) is 13.6. The quantitative estimate of drug-likeness (QED) is 0.804. The Bertz CT molecular complexity index is 688. The number of hydrogen-bond acceptors (Lipinski definition) is 3. The number of nitrogens with one attached hydrogen (secondary N) is 1. The lowest BCUT2D eigenvalue weighted by molar-refractivity contribution is 0.183. The maximum absolute atomic E-state index is 12.3. The molecule has 0 saturated carbocycles. The highest BCUT2D eigenvalue weighted by atomic mass is 16.2. The number of allylic oxidation sites excluding steroid dienone is 2. The zero-order valence-corrected chi connectivity index (χ0v) is 11.0. The third kappa shape index (κ3) is 1.84. The van der Waals surface area contributed by atoms with Gasteiger partial charge in [0.2, 0.25) is 0 Å². The van der Waals surface area contributed by atoms with E-state index in [1.807, 2.05) is 4.90 Å². The summed E-state index contributed by atoms with van der Waals surface area (Å²) in [5.41, 5.74) is 1.06. The van der Waals surface area contributed by atoms with E-state index in [1.165, 1.54) is 0 Å². The standard InChI is InChI=1S/C14H15N5O/c20-13(18-9-5-14(3-4-14)6-10-18)17-12-1-7-15-11-2-8-16-19(11)12/h1-4,7-8H,5-6,9-10H2,(H,17,20). The fraction of sp³-hybridized carbons (Fsp3) is 0.357. The average Bonchev–Trinajstić information content (AvgIpc) is 3.03. The van der Waals surface area contributed by atoms with E-state index >= 15 is 0 Å². The number of piperidine rings is 1. The first-order valence-corrected chi connectivity index (χ1v) is 6.81. The van der Waals surface area contributed by atoms with E-state index in [2.05, 4.69) is 27.6 Å². The zero-order valence-electron chi connectivity index (χ0n) is 11.0. The fourth-order valence-electron chi connectivity index (χ4n) is 2.70. The summed E-state index contributed by atoms with van der Waals surface area (Å²) in [4.78, 5) is 18.3. The van der Waals surface area contributed by atoms with Crippen LogP contribution in [-0.4, -0.2) is 38.6 Å². The molecule has 6 heteroatoms. The Kier molecular flexibility index (Phi) is 2.33. The molecule has 3 heterocycles. The van der Waals surface area contributed by atoms with Gasteiger partial charge in [-0.3, -0.25) is 5.32 Å². The Morgan fingerprint density at radius 1 is 1.20 bits per heavy atom. The number of hydrogen-bond donors (Lipinski definition) is 1. The molecule has 0 bridgehead atoms. The molecule has 2 aromatic rings. The van der Waals surface area contributed by atoms with Crippen molar-refractivity contribution >= 4 is 17.5 Å². The monoisotopic (exact) mass is 269 g/mol. The predicted octanol–water partition coefficient (Wildman–Crippen LogP) is 1.91. The highest BCUT2D eigenvalue weighted by Gasteiger charge is 2.38. The smallest absolute Gasteiger partial charge is 0.323 e. The molecule has 6 nitrogen and oxygen atoms in total. The van der Waals surface area contributed by atoms with Crippen LogP contribution in [0.5, 0.6) is 0 Å². The minimum absolute atomic E-state index is 0.0662. The van der Waals surface area contributed by atoms with Gasteiger partial charge >= 0.3 is 6.03 Å². The third-order valence-corrected chi connectivity index (χ3v) is 4.14. The fourth-order valence-corrected chi connectivity index (χ4v) is 2.70. The first-order chi connectivity index (χ1) is 9.76. The van der Waals surface area contributed by atoms with Crippen molar-refractivity contribution in [2.75, 3.05) is 18.4 Å². The summed E-state index contributed by atoms with van der Waals surface area (Å²) in [6.07, 6.45) is 9.91. The summed E-state index contributed by atoms with van der Waals surface area (Å²) in [6, 6.07) is 3.49.